The Balaban J connectivity index is 1.04. The molecule has 0 radical (unpaired) electrons. The van der Waals surface area contributed by atoms with Gasteiger partial charge < -0.3 is 4.74 Å². The maximum Gasteiger partial charge on any atom is 0.278 e. The fourth-order valence-electron chi connectivity index (χ4n) is 5.45. The molecule has 194 valence electrons. The highest BCUT2D eigenvalue weighted by molar-refractivity contribution is 7.13. The molecule has 5 rings (SSSR count). The van der Waals surface area contributed by atoms with Crippen molar-refractivity contribution in [2.45, 2.75) is 64.3 Å². The second-order valence-electron chi connectivity index (χ2n) is 10.6. The number of carbonyl (C=O) groups is 1. The summed E-state index contributed by atoms with van der Waals surface area (Å²) in [5.41, 5.74) is 2.62. The van der Waals surface area contributed by atoms with Crippen molar-refractivity contribution < 1.29 is 18.3 Å². The lowest BCUT2D eigenvalue weighted by Gasteiger charge is -2.31. The minimum Gasteiger partial charge on any atom is -0.464 e. The molecule has 1 saturated carbocycles. The number of carbonyl (C=O) groups excluding carboxylic acids is 1. The van der Waals surface area contributed by atoms with Crippen molar-refractivity contribution in [3.8, 4) is 5.19 Å². The van der Waals surface area contributed by atoms with Gasteiger partial charge in [-0.3, -0.25) is 14.4 Å². The second kappa shape index (κ2) is 10.5. The first-order valence-electron chi connectivity index (χ1n) is 12.9. The maximum absolute atomic E-state index is 13.1. The number of rotatable bonds is 9. The van der Waals surface area contributed by atoms with E-state index in [1.807, 2.05) is 31.4 Å². The summed E-state index contributed by atoms with van der Waals surface area (Å²) in [5, 5.41) is 5.84. The van der Waals surface area contributed by atoms with E-state index in [-0.39, 0.29) is 5.78 Å². The summed E-state index contributed by atoms with van der Waals surface area (Å²) in [7, 11) is 1.90. The van der Waals surface area contributed by atoms with Gasteiger partial charge in [0.2, 0.25) is 0 Å². The van der Waals surface area contributed by atoms with Gasteiger partial charge in [0.25, 0.3) is 11.1 Å². The third kappa shape index (κ3) is 6.29. The molecule has 1 aromatic carbocycles. The number of thiazole rings is 1. The largest absolute Gasteiger partial charge is 0.464 e. The molecular weight excluding hydrogens is 482 g/mol. The minimum absolute atomic E-state index is 0.226. The smallest absolute Gasteiger partial charge is 0.278 e. The first-order valence-corrected chi connectivity index (χ1v) is 13.7. The molecule has 6 nitrogen and oxygen atoms in total. The number of benzene rings is 1. The molecule has 0 unspecified atom stereocenters. The highest BCUT2D eigenvalue weighted by Gasteiger charge is 2.27. The van der Waals surface area contributed by atoms with Gasteiger partial charge in [0, 0.05) is 55.5 Å². The summed E-state index contributed by atoms with van der Waals surface area (Å²) in [4.78, 5) is 20.9. The molecule has 3 aromatic rings. The Kier molecular flexibility index (Phi) is 7.40. The zero-order chi connectivity index (χ0) is 25.3. The predicted octanol–water partition coefficient (Wildman–Crippen LogP) is 5.89. The van der Waals surface area contributed by atoms with Crippen LogP contribution in [0.15, 0.2) is 24.4 Å². The van der Waals surface area contributed by atoms with Gasteiger partial charge in [-0.25, -0.2) is 13.8 Å². The third-order valence-electron chi connectivity index (χ3n) is 7.47. The number of halogens is 2. The molecule has 36 heavy (non-hydrogen) atoms. The van der Waals surface area contributed by atoms with E-state index in [4.69, 9.17) is 4.74 Å². The average molecular weight is 517 g/mol. The average Bonchev–Trinajstić information content (AvgIpc) is 3.42. The molecule has 2 aromatic heterocycles. The summed E-state index contributed by atoms with van der Waals surface area (Å²) in [6.45, 7) is 3.00. The molecule has 1 aliphatic carbocycles. The normalized spacial score (nSPS) is 21.0. The molecule has 1 fully saturated rings. The number of ketones is 1. The highest BCUT2D eigenvalue weighted by Crippen LogP contribution is 2.35. The number of alkyl halides is 2. The Morgan fingerprint density at radius 3 is 2.78 bits per heavy atom. The lowest BCUT2D eigenvalue weighted by Crippen LogP contribution is -2.32. The van der Waals surface area contributed by atoms with Crippen LogP contribution in [0.2, 0.25) is 0 Å². The Bertz CT molecular complexity index is 1210. The molecule has 0 saturated heterocycles. The van der Waals surface area contributed by atoms with Crippen LogP contribution in [0, 0.1) is 11.8 Å². The van der Waals surface area contributed by atoms with Gasteiger partial charge in [0.1, 0.15) is 0 Å². The first kappa shape index (κ1) is 25.3. The fourth-order valence-corrected chi connectivity index (χ4v) is 6.36. The standard InChI is InChI=1S/C27H34F2N4O2S/c1-27(28,29)17-35-26-30-23-16-33(12-10-25(23)36-26)11-9-18-3-5-19(6-4-18)13-24(34)20-7-8-21-15-32(2)31-22(21)14-20/h7-8,14-15,18-19H,3-6,9-13,16-17H2,1-2H3. The van der Waals surface area contributed by atoms with Crippen LogP contribution in [0.3, 0.4) is 0 Å². The fraction of sp³-hybridized carbons (Fsp3) is 0.593. The minimum atomic E-state index is -2.85. The zero-order valence-electron chi connectivity index (χ0n) is 21.0. The topological polar surface area (TPSA) is 60.2 Å². The number of nitrogens with zero attached hydrogens (tertiary/aromatic N) is 4. The molecule has 0 spiro atoms. The second-order valence-corrected chi connectivity index (χ2v) is 11.7. The molecule has 3 heterocycles. The van der Waals surface area contributed by atoms with Crippen LogP contribution in [-0.2, 0) is 20.0 Å². The summed E-state index contributed by atoms with van der Waals surface area (Å²) in [6.07, 6.45) is 9.22. The number of Topliss-reactive ketones (excluding diaryl/α,β-unsaturated/α-hetero) is 1. The van der Waals surface area contributed by atoms with Gasteiger partial charge in [-0.1, -0.05) is 36.3 Å². The highest BCUT2D eigenvalue weighted by atomic mass is 32.1. The van der Waals surface area contributed by atoms with E-state index in [0.717, 1.165) is 79.3 Å². The van der Waals surface area contributed by atoms with Gasteiger partial charge in [-0.05, 0) is 50.1 Å². The van der Waals surface area contributed by atoms with Crippen LogP contribution in [0.4, 0.5) is 8.78 Å². The van der Waals surface area contributed by atoms with Crippen molar-refractivity contribution in [3.63, 3.8) is 0 Å². The van der Waals surface area contributed by atoms with Crippen LogP contribution >= 0.6 is 11.3 Å². The van der Waals surface area contributed by atoms with Gasteiger partial charge >= 0.3 is 0 Å². The molecule has 0 amide bonds. The first-order chi connectivity index (χ1) is 17.2. The number of ether oxygens (including phenoxy) is 1. The Morgan fingerprint density at radius 1 is 1.22 bits per heavy atom. The summed E-state index contributed by atoms with van der Waals surface area (Å²) >= 11 is 1.40. The van der Waals surface area contributed by atoms with E-state index in [1.165, 1.54) is 24.2 Å². The summed E-state index contributed by atoms with van der Waals surface area (Å²) in [6, 6.07) is 5.83. The number of fused-ring (bicyclic) bond motifs is 2. The molecule has 0 bridgehead atoms. The van der Waals surface area contributed by atoms with Crippen LogP contribution in [-0.4, -0.2) is 51.1 Å². The van der Waals surface area contributed by atoms with E-state index in [1.54, 1.807) is 4.68 Å². The molecule has 9 heteroatoms. The van der Waals surface area contributed by atoms with Crippen molar-refractivity contribution in [1.29, 1.82) is 0 Å². The molecule has 0 atom stereocenters. The van der Waals surface area contributed by atoms with Crippen LogP contribution in [0.1, 0.15) is 66.4 Å². The van der Waals surface area contributed by atoms with E-state index < -0.39 is 12.5 Å². The van der Waals surface area contributed by atoms with E-state index in [9.17, 15) is 13.6 Å². The van der Waals surface area contributed by atoms with Gasteiger partial charge in [-0.2, -0.15) is 5.10 Å². The molecule has 0 N–H and O–H groups in total. The molecule has 2 aliphatic rings. The van der Waals surface area contributed by atoms with E-state index >= 15 is 0 Å². The predicted molar refractivity (Wildman–Crippen MR) is 137 cm³/mol. The molecular formula is C27H34F2N4O2S. The van der Waals surface area contributed by atoms with Crippen molar-refractivity contribution in [2.24, 2.45) is 18.9 Å². The maximum atomic E-state index is 13.1. The summed E-state index contributed by atoms with van der Waals surface area (Å²) in [5.74, 6) is -1.46. The van der Waals surface area contributed by atoms with Gasteiger partial charge in [0.15, 0.2) is 12.4 Å². The van der Waals surface area contributed by atoms with Gasteiger partial charge in [0.05, 0.1) is 11.2 Å². The zero-order valence-corrected chi connectivity index (χ0v) is 21.8. The van der Waals surface area contributed by atoms with E-state index in [2.05, 4.69) is 15.0 Å². The van der Waals surface area contributed by atoms with Crippen molar-refractivity contribution in [2.75, 3.05) is 19.7 Å². The van der Waals surface area contributed by atoms with Crippen molar-refractivity contribution in [1.82, 2.24) is 19.7 Å². The monoisotopic (exact) mass is 516 g/mol. The lowest BCUT2D eigenvalue weighted by molar-refractivity contribution is -0.0230. The quantitative estimate of drug-likeness (QED) is 0.332. The Hall–Kier alpha value is -2.39. The Labute approximate surface area is 214 Å². The van der Waals surface area contributed by atoms with Crippen LogP contribution < -0.4 is 4.74 Å². The van der Waals surface area contributed by atoms with Crippen LogP contribution in [0.25, 0.3) is 10.9 Å². The van der Waals surface area contributed by atoms with Crippen molar-refractivity contribution in [3.05, 3.63) is 40.5 Å². The SMILES string of the molecule is Cn1cc2ccc(C(=O)CC3CCC(CCN4CCc5sc(OCC(C)(F)F)nc5C4)CC3)cc2n1. The number of hydrogen-bond acceptors (Lipinski definition) is 6. The number of aromatic nitrogens is 3. The Morgan fingerprint density at radius 2 is 2.00 bits per heavy atom. The number of aryl methyl sites for hydroxylation is 1. The van der Waals surface area contributed by atoms with Gasteiger partial charge in [-0.15, -0.1) is 0 Å². The third-order valence-corrected chi connectivity index (χ3v) is 8.54. The summed E-state index contributed by atoms with van der Waals surface area (Å²) < 4.78 is 33.1. The lowest BCUT2D eigenvalue weighted by atomic mass is 9.78. The molecule has 1 aliphatic heterocycles. The van der Waals surface area contributed by atoms with E-state index in [0.29, 0.717) is 23.5 Å². The number of hydrogen-bond donors (Lipinski definition) is 0. The van der Waals surface area contributed by atoms with Crippen LogP contribution in [0.5, 0.6) is 5.19 Å². The van der Waals surface area contributed by atoms with Crippen molar-refractivity contribution >= 4 is 28.0 Å².